The molecule has 0 amide bonds. The molecule has 7 heteroatoms. The van der Waals surface area contributed by atoms with Crippen molar-refractivity contribution >= 4 is 0 Å². The van der Waals surface area contributed by atoms with Crippen molar-refractivity contribution in [2.75, 3.05) is 6.61 Å². The van der Waals surface area contributed by atoms with E-state index in [-0.39, 0.29) is 17.1 Å². The number of nitrogens with one attached hydrogen (secondary N) is 1. The van der Waals surface area contributed by atoms with Gasteiger partial charge in [-0.05, 0) is 12.8 Å². The summed E-state index contributed by atoms with van der Waals surface area (Å²) in [6.45, 7) is 0.553. The third kappa shape index (κ3) is 2.36. The van der Waals surface area contributed by atoms with E-state index in [1.165, 1.54) is 0 Å². The number of aromatic amines is 1. The van der Waals surface area contributed by atoms with Gasteiger partial charge >= 0.3 is 22.8 Å². The topological polar surface area (TPSA) is 64.1 Å². The van der Waals surface area contributed by atoms with Crippen molar-refractivity contribution in [1.29, 1.82) is 0 Å². The van der Waals surface area contributed by atoms with Gasteiger partial charge in [-0.3, -0.25) is 14.3 Å². The first kappa shape index (κ1) is 12.2. The van der Waals surface area contributed by atoms with Crippen LogP contribution in [0.1, 0.15) is 19.1 Å². The molecular formula is C8H9CuFN2O3+2. The van der Waals surface area contributed by atoms with E-state index < -0.39 is 23.3 Å². The normalized spacial score (nSPS) is 19.9. The molecule has 0 spiro atoms. The quantitative estimate of drug-likeness (QED) is 0.725. The number of nitrogens with zero attached hydrogens (tertiary/aromatic N) is 1. The third-order valence-electron chi connectivity index (χ3n) is 2.14. The smallest absolute Gasteiger partial charge is 0.358 e. The number of rotatable bonds is 1. The molecule has 2 rings (SSSR count). The standard InChI is InChI=1S/C8H9FN2O3.Cu/c9-5-4-11(6-2-1-3-14-6)8(13)10-7(5)12;/h4,6H,1-3H2,(H,10,12,13);/q;+2. The molecule has 85 valence electrons. The van der Waals surface area contributed by atoms with Crippen LogP contribution in [0.3, 0.4) is 0 Å². The van der Waals surface area contributed by atoms with Crippen molar-refractivity contribution in [3.05, 3.63) is 32.9 Å². The number of hydrogen-bond donors (Lipinski definition) is 1. The van der Waals surface area contributed by atoms with Crippen LogP contribution >= 0.6 is 0 Å². The number of hydrogen-bond acceptors (Lipinski definition) is 3. The maximum atomic E-state index is 12.9. The number of aromatic nitrogens is 2. The van der Waals surface area contributed by atoms with Crippen LogP contribution in [0.15, 0.2) is 15.8 Å². The molecule has 15 heavy (non-hydrogen) atoms. The third-order valence-corrected chi connectivity index (χ3v) is 2.14. The van der Waals surface area contributed by atoms with E-state index in [9.17, 15) is 14.0 Å². The predicted octanol–water partition coefficient (Wildman–Crippen LogP) is -0.0178. The first-order valence-electron chi connectivity index (χ1n) is 4.31. The Balaban J connectivity index is 0.00000112. The summed E-state index contributed by atoms with van der Waals surface area (Å²) in [5, 5.41) is 0. The van der Waals surface area contributed by atoms with Gasteiger partial charge in [0.05, 0.1) is 6.20 Å². The summed E-state index contributed by atoms with van der Waals surface area (Å²) in [4.78, 5) is 23.8. The molecule has 0 aliphatic carbocycles. The van der Waals surface area contributed by atoms with Gasteiger partial charge in [0.25, 0.3) is 5.56 Å². The van der Waals surface area contributed by atoms with Crippen LogP contribution in [-0.2, 0) is 21.8 Å². The zero-order valence-corrected chi connectivity index (χ0v) is 8.57. The molecule has 1 N–H and O–H groups in total. The maximum Gasteiger partial charge on any atom is 2.00 e. The van der Waals surface area contributed by atoms with E-state index in [0.29, 0.717) is 13.0 Å². The summed E-state index contributed by atoms with van der Waals surface area (Å²) in [5.41, 5.74) is -1.63. The Morgan fingerprint density at radius 1 is 1.53 bits per heavy atom. The van der Waals surface area contributed by atoms with Gasteiger partial charge in [0.1, 0.15) is 6.23 Å². The fourth-order valence-electron chi connectivity index (χ4n) is 1.45. The van der Waals surface area contributed by atoms with Gasteiger partial charge in [0, 0.05) is 6.61 Å². The monoisotopic (exact) mass is 263 g/mol. The molecule has 1 saturated heterocycles. The Hall–Kier alpha value is -0.911. The predicted molar refractivity (Wildman–Crippen MR) is 45.5 cm³/mol. The Kier molecular flexibility index (Phi) is 3.84. The minimum absolute atomic E-state index is 0. The van der Waals surface area contributed by atoms with Gasteiger partial charge in [0.15, 0.2) is 0 Å². The van der Waals surface area contributed by atoms with E-state index in [1.54, 1.807) is 0 Å². The van der Waals surface area contributed by atoms with Crippen LogP contribution in [0, 0.1) is 5.82 Å². The van der Waals surface area contributed by atoms with Gasteiger partial charge in [-0.1, -0.05) is 0 Å². The van der Waals surface area contributed by atoms with Gasteiger partial charge in [-0.15, -0.1) is 0 Å². The molecule has 0 bridgehead atoms. The van der Waals surface area contributed by atoms with Gasteiger partial charge < -0.3 is 4.74 Å². The minimum atomic E-state index is -0.996. The molecule has 1 aliphatic heterocycles. The Morgan fingerprint density at radius 2 is 2.27 bits per heavy atom. The van der Waals surface area contributed by atoms with E-state index in [4.69, 9.17) is 4.74 Å². The molecular weight excluding hydrogens is 255 g/mol. The van der Waals surface area contributed by atoms with E-state index in [2.05, 4.69) is 0 Å². The van der Waals surface area contributed by atoms with Crippen LogP contribution in [0.2, 0.25) is 0 Å². The van der Waals surface area contributed by atoms with Gasteiger partial charge in [0.2, 0.25) is 5.82 Å². The number of halogens is 1. The molecule has 1 aromatic heterocycles. The Labute approximate surface area is 94.7 Å². The van der Waals surface area contributed by atoms with Crippen LogP contribution < -0.4 is 11.2 Å². The second-order valence-corrected chi connectivity index (χ2v) is 3.11. The summed E-state index contributed by atoms with van der Waals surface area (Å²) < 4.78 is 19.1. The fraction of sp³-hybridized carbons (Fsp3) is 0.500. The summed E-state index contributed by atoms with van der Waals surface area (Å²) in [6.07, 6.45) is 1.93. The molecule has 1 aliphatic rings. The van der Waals surface area contributed by atoms with Crippen LogP contribution in [0.4, 0.5) is 4.39 Å². The second-order valence-electron chi connectivity index (χ2n) is 3.11. The fourth-order valence-corrected chi connectivity index (χ4v) is 1.45. The zero-order valence-electron chi connectivity index (χ0n) is 7.63. The molecule has 1 fully saturated rings. The SMILES string of the molecule is O=c1[nH]c(=O)n(C2CCCO2)cc1F.[Cu+2]. The van der Waals surface area contributed by atoms with E-state index in [0.717, 1.165) is 17.2 Å². The molecule has 0 saturated carbocycles. The van der Waals surface area contributed by atoms with E-state index in [1.807, 2.05) is 4.98 Å². The number of H-pyrrole nitrogens is 1. The van der Waals surface area contributed by atoms with Gasteiger partial charge in [-0.2, -0.15) is 4.39 Å². The number of ether oxygens (including phenoxy) is 1. The molecule has 1 atom stereocenters. The average Bonchev–Trinajstić information content (AvgIpc) is 2.64. The average molecular weight is 264 g/mol. The summed E-state index contributed by atoms with van der Waals surface area (Å²) in [6, 6.07) is 0. The molecule has 1 radical (unpaired) electrons. The minimum Gasteiger partial charge on any atom is -0.358 e. The van der Waals surface area contributed by atoms with E-state index >= 15 is 0 Å². The first-order valence-corrected chi connectivity index (χ1v) is 4.31. The molecule has 0 aromatic carbocycles. The molecule has 1 unspecified atom stereocenters. The largest absolute Gasteiger partial charge is 2.00 e. The Morgan fingerprint density at radius 3 is 2.87 bits per heavy atom. The zero-order chi connectivity index (χ0) is 10.1. The van der Waals surface area contributed by atoms with Crippen molar-refractivity contribution in [1.82, 2.24) is 9.55 Å². The van der Waals surface area contributed by atoms with Crippen molar-refractivity contribution in [3.8, 4) is 0 Å². The molecule has 1 aromatic rings. The summed E-state index contributed by atoms with van der Waals surface area (Å²) >= 11 is 0. The van der Waals surface area contributed by atoms with Gasteiger partial charge in [-0.25, -0.2) is 4.79 Å². The van der Waals surface area contributed by atoms with Crippen LogP contribution in [-0.4, -0.2) is 16.2 Å². The van der Waals surface area contributed by atoms with Crippen LogP contribution in [0.25, 0.3) is 0 Å². The molecule has 5 nitrogen and oxygen atoms in total. The van der Waals surface area contributed by atoms with Crippen molar-refractivity contribution in [2.24, 2.45) is 0 Å². The van der Waals surface area contributed by atoms with Crippen molar-refractivity contribution in [3.63, 3.8) is 0 Å². The first-order chi connectivity index (χ1) is 6.68. The van der Waals surface area contributed by atoms with Crippen LogP contribution in [0.5, 0.6) is 0 Å². The van der Waals surface area contributed by atoms with Crippen molar-refractivity contribution in [2.45, 2.75) is 19.1 Å². The summed E-state index contributed by atoms with van der Waals surface area (Å²) in [7, 11) is 0. The second kappa shape index (κ2) is 4.74. The molecule has 2 heterocycles. The summed E-state index contributed by atoms with van der Waals surface area (Å²) in [5.74, 6) is -0.972. The maximum absolute atomic E-state index is 12.9. The van der Waals surface area contributed by atoms with Crippen molar-refractivity contribution < 1.29 is 26.2 Å². The Bertz CT molecular complexity index is 450.